The average Bonchev–Trinajstić information content (AvgIpc) is 3.07. The second-order valence-corrected chi connectivity index (χ2v) is 14.2. The Kier molecular flexibility index (Phi) is 3.51. The molecule has 3 unspecified atom stereocenters. The summed E-state index contributed by atoms with van der Waals surface area (Å²) < 4.78 is 0. The van der Waals surface area contributed by atoms with E-state index < -0.39 is 19.0 Å². The van der Waals surface area contributed by atoms with Gasteiger partial charge in [0.25, 0.3) is 0 Å². The molecule has 1 saturated carbocycles. The molecular formula is C23H26NO3P. The molecule has 7 rings (SSSR count). The zero-order chi connectivity index (χ0) is 19.0. The van der Waals surface area contributed by atoms with Crippen LogP contribution in [-0.2, 0) is 11.2 Å². The van der Waals surface area contributed by atoms with Crippen molar-refractivity contribution in [3.63, 3.8) is 0 Å². The summed E-state index contributed by atoms with van der Waals surface area (Å²) in [4.78, 5) is 27.9. The van der Waals surface area contributed by atoms with Gasteiger partial charge in [-0.2, -0.15) is 0 Å². The van der Waals surface area contributed by atoms with Gasteiger partial charge in [-0.05, 0) is 0 Å². The summed E-state index contributed by atoms with van der Waals surface area (Å²) in [5.74, 6) is 0.161. The van der Waals surface area contributed by atoms with Gasteiger partial charge in [-0.1, -0.05) is 0 Å². The molecule has 3 saturated heterocycles. The van der Waals surface area contributed by atoms with Crippen LogP contribution in [-0.4, -0.2) is 52.2 Å². The van der Waals surface area contributed by atoms with E-state index in [9.17, 15) is 14.7 Å². The molecule has 4 bridgehead atoms. The Balaban J connectivity index is 1.42. The van der Waals surface area contributed by atoms with Crippen LogP contribution in [0.3, 0.4) is 0 Å². The predicted octanol–water partition coefficient (Wildman–Crippen LogP) is 3.81. The van der Waals surface area contributed by atoms with E-state index in [-0.39, 0.29) is 5.91 Å². The van der Waals surface area contributed by atoms with Crippen LogP contribution in [0, 0.1) is 11.8 Å². The van der Waals surface area contributed by atoms with Crippen LogP contribution >= 0.6 is 7.26 Å². The Hall–Kier alpha value is -1.93. The van der Waals surface area contributed by atoms with Crippen LogP contribution in [0.25, 0.3) is 10.8 Å². The number of benzene rings is 2. The zero-order valence-electron chi connectivity index (χ0n) is 15.9. The number of carboxylic acid groups (broad SMARTS) is 1. The Labute approximate surface area is 165 Å². The number of carbonyl (C=O) groups is 2. The fourth-order valence-corrected chi connectivity index (χ4v) is 15.0. The number of amides is 1. The van der Waals surface area contributed by atoms with Crippen molar-refractivity contribution in [2.75, 3.05) is 18.9 Å². The fourth-order valence-electron chi connectivity index (χ4n) is 7.54. The van der Waals surface area contributed by atoms with Crippen molar-refractivity contribution in [2.24, 2.45) is 11.8 Å². The molecule has 0 radical (unpaired) electrons. The van der Waals surface area contributed by atoms with E-state index in [0.29, 0.717) is 12.2 Å². The van der Waals surface area contributed by atoms with Gasteiger partial charge in [0.2, 0.25) is 0 Å². The van der Waals surface area contributed by atoms with Gasteiger partial charge in [0.1, 0.15) is 0 Å². The number of hydrogen-bond donors (Lipinski definition) is 1. The van der Waals surface area contributed by atoms with Crippen LogP contribution in [0.15, 0.2) is 36.4 Å². The first-order valence-corrected chi connectivity index (χ1v) is 13.2. The monoisotopic (exact) mass is 395 g/mol. The van der Waals surface area contributed by atoms with Crippen LogP contribution in [0.4, 0.5) is 0 Å². The second kappa shape index (κ2) is 5.79. The topological polar surface area (TPSA) is 57.6 Å². The summed E-state index contributed by atoms with van der Waals surface area (Å²) in [5.41, 5.74) is 2.45. The third kappa shape index (κ3) is 2.16. The van der Waals surface area contributed by atoms with Gasteiger partial charge in [-0.15, -0.1) is 0 Å². The number of carboxylic acids is 1. The molecule has 4 nitrogen and oxygen atoms in total. The predicted molar refractivity (Wildman–Crippen MR) is 113 cm³/mol. The third-order valence-corrected chi connectivity index (χ3v) is 14.7. The summed E-state index contributed by atoms with van der Waals surface area (Å²) in [6.45, 7) is 0.549. The molecule has 4 fully saturated rings. The van der Waals surface area contributed by atoms with Crippen molar-refractivity contribution in [1.29, 1.82) is 0 Å². The molecule has 5 aliphatic rings. The quantitative estimate of drug-likeness (QED) is 0.804. The van der Waals surface area contributed by atoms with E-state index in [1.54, 1.807) is 4.90 Å². The van der Waals surface area contributed by atoms with E-state index in [4.69, 9.17) is 0 Å². The molecule has 2 aromatic rings. The van der Waals surface area contributed by atoms with Crippen LogP contribution in [0.1, 0.15) is 35.2 Å². The third-order valence-electron chi connectivity index (χ3n) is 8.28. The first kappa shape index (κ1) is 17.0. The maximum absolute atomic E-state index is 13.5. The van der Waals surface area contributed by atoms with Crippen molar-refractivity contribution in [3.05, 3.63) is 47.5 Å². The molecule has 4 heterocycles. The second-order valence-electron chi connectivity index (χ2n) is 9.58. The van der Waals surface area contributed by atoms with Gasteiger partial charge in [0.05, 0.1) is 0 Å². The summed E-state index contributed by atoms with van der Waals surface area (Å²) in [6.07, 6.45) is 6.80. The fraction of sp³-hybridized carbons (Fsp3) is 0.478. The molecule has 0 spiro atoms. The minimum absolute atomic E-state index is 0.0486. The maximum atomic E-state index is 13.5. The summed E-state index contributed by atoms with van der Waals surface area (Å²) in [6, 6.07) is 12.1. The summed E-state index contributed by atoms with van der Waals surface area (Å²) in [5, 5.41) is 12.6. The zero-order valence-corrected chi connectivity index (χ0v) is 16.9. The van der Waals surface area contributed by atoms with Crippen molar-refractivity contribution in [3.8, 4) is 0 Å². The molecule has 146 valence electrons. The van der Waals surface area contributed by atoms with Crippen LogP contribution < -0.4 is 0 Å². The van der Waals surface area contributed by atoms with Gasteiger partial charge in [-0.25, -0.2) is 0 Å². The Morgan fingerprint density at radius 1 is 1.07 bits per heavy atom. The molecule has 28 heavy (non-hydrogen) atoms. The van der Waals surface area contributed by atoms with E-state index in [1.807, 2.05) is 24.3 Å². The number of hydrogen-bond acceptors (Lipinski definition) is 2. The van der Waals surface area contributed by atoms with Gasteiger partial charge in [0, 0.05) is 0 Å². The summed E-state index contributed by atoms with van der Waals surface area (Å²) >= 11 is 0. The molecule has 1 aliphatic carbocycles. The van der Waals surface area contributed by atoms with Crippen molar-refractivity contribution < 1.29 is 14.7 Å². The van der Waals surface area contributed by atoms with E-state index in [2.05, 4.69) is 12.1 Å². The molecule has 3 atom stereocenters. The number of fused-ring (bicyclic) bond motifs is 3. The van der Waals surface area contributed by atoms with Crippen molar-refractivity contribution in [1.82, 2.24) is 4.90 Å². The molecular weight excluding hydrogens is 369 g/mol. The number of rotatable bonds is 3. The van der Waals surface area contributed by atoms with Crippen LogP contribution in [0.5, 0.6) is 0 Å². The average molecular weight is 395 g/mol. The van der Waals surface area contributed by atoms with Crippen LogP contribution in [0.2, 0.25) is 0 Å². The first-order valence-electron chi connectivity index (χ1n) is 10.6. The Morgan fingerprint density at radius 3 is 2.57 bits per heavy atom. The summed E-state index contributed by atoms with van der Waals surface area (Å²) in [7, 11) is -2.00. The number of carbonyl (C=O) groups excluding carboxylic acids is 1. The Morgan fingerprint density at radius 2 is 1.82 bits per heavy atom. The SMILES string of the molecule is O=C(O)C(N1CCc2c(ccc3ccccc23)C1=O)[PH]12CC3CC(CC1C3)C2. The van der Waals surface area contributed by atoms with E-state index >= 15 is 0 Å². The molecule has 4 aliphatic heterocycles. The van der Waals surface area contributed by atoms with Gasteiger partial charge < -0.3 is 0 Å². The molecule has 5 heteroatoms. The molecule has 2 aromatic carbocycles. The van der Waals surface area contributed by atoms with E-state index in [1.165, 1.54) is 19.3 Å². The molecule has 1 amide bonds. The Bertz CT molecular complexity index is 1000. The van der Waals surface area contributed by atoms with E-state index in [0.717, 1.165) is 52.5 Å². The number of aliphatic carboxylic acids is 1. The van der Waals surface area contributed by atoms with Crippen molar-refractivity contribution in [2.45, 2.75) is 37.1 Å². The van der Waals surface area contributed by atoms with Gasteiger partial charge in [0.15, 0.2) is 0 Å². The number of nitrogens with zero attached hydrogens (tertiary/aromatic N) is 1. The normalized spacial score (nSPS) is 31.8. The van der Waals surface area contributed by atoms with Gasteiger partial charge >= 0.3 is 165 Å². The standard InChI is InChI=1S/C23H26NO3P/c25-21-20-6-5-16-3-1-2-4-18(16)19(20)7-8-24(21)22(23(26)27)28-12-14-9-15(13-28)11-17(28)10-14/h1-6,14-15,17,22,28H,7-13H2,(H,26,27). The minimum atomic E-state index is -2.00. The van der Waals surface area contributed by atoms with Gasteiger partial charge in [-0.3, -0.25) is 0 Å². The van der Waals surface area contributed by atoms with Crippen molar-refractivity contribution >= 4 is 29.9 Å². The molecule has 0 aromatic heterocycles. The first-order chi connectivity index (χ1) is 13.6. The molecule has 1 N–H and O–H groups in total.